The lowest BCUT2D eigenvalue weighted by molar-refractivity contribution is 0.137. The quantitative estimate of drug-likeness (QED) is 0.792. The molecule has 8 nitrogen and oxygen atoms in total. The van der Waals surface area contributed by atoms with Crippen LogP contribution in [0.1, 0.15) is 6.42 Å². The van der Waals surface area contributed by atoms with E-state index in [1.165, 1.54) is 16.2 Å². The van der Waals surface area contributed by atoms with E-state index in [0.29, 0.717) is 13.1 Å². The number of nitrogens with zero attached hydrogens (tertiary/aromatic N) is 5. The van der Waals surface area contributed by atoms with Crippen molar-refractivity contribution >= 4 is 39.5 Å². The summed E-state index contributed by atoms with van der Waals surface area (Å²) in [6.07, 6.45) is -0.0138. The number of nitrogen functional groups attached to an aromatic ring is 1. The average molecular weight is 292 g/mol. The minimum atomic E-state index is -0.849. The second-order valence-corrected chi connectivity index (χ2v) is 5.88. The molecule has 0 spiro atoms. The van der Waals surface area contributed by atoms with Crippen LogP contribution in [-0.2, 0) is 0 Å². The normalized spacial score (nSPS) is 24.8. The third-order valence-corrected chi connectivity index (χ3v) is 4.67. The Morgan fingerprint density at radius 3 is 2.95 bits per heavy atom. The summed E-state index contributed by atoms with van der Waals surface area (Å²) < 4.78 is 0. The molecule has 0 saturated carbocycles. The average Bonchev–Trinajstić information content (AvgIpc) is 3.10. The molecule has 2 aliphatic rings. The fourth-order valence-corrected chi connectivity index (χ4v) is 3.78. The lowest BCUT2D eigenvalue weighted by Gasteiger charge is -2.33. The van der Waals surface area contributed by atoms with Crippen molar-refractivity contribution in [3.63, 3.8) is 0 Å². The van der Waals surface area contributed by atoms with Crippen molar-refractivity contribution in [3.05, 3.63) is 5.51 Å². The van der Waals surface area contributed by atoms with Gasteiger partial charge in [-0.3, -0.25) is 0 Å². The van der Waals surface area contributed by atoms with E-state index in [2.05, 4.69) is 19.9 Å². The molecular weight excluding hydrogens is 280 g/mol. The third-order valence-electron chi connectivity index (χ3n) is 3.96. The Balaban J connectivity index is 1.72. The third kappa shape index (κ3) is 1.52. The molecule has 2 unspecified atom stereocenters. The van der Waals surface area contributed by atoms with Crippen molar-refractivity contribution in [2.75, 3.05) is 23.7 Å². The molecule has 1 amide bonds. The number of anilines is 2. The first-order valence-corrected chi connectivity index (χ1v) is 7.14. The molecule has 3 N–H and O–H groups in total. The van der Waals surface area contributed by atoms with E-state index in [-0.39, 0.29) is 18.0 Å². The monoisotopic (exact) mass is 292 g/mol. The van der Waals surface area contributed by atoms with E-state index in [1.807, 2.05) is 0 Å². The van der Waals surface area contributed by atoms with Crippen LogP contribution in [0.15, 0.2) is 5.51 Å². The summed E-state index contributed by atoms with van der Waals surface area (Å²) in [4.78, 5) is 28.3. The first kappa shape index (κ1) is 11.6. The number of piperazine rings is 1. The van der Waals surface area contributed by atoms with Crippen molar-refractivity contribution in [1.82, 2.24) is 19.9 Å². The maximum absolute atomic E-state index is 11.1. The number of hydrogen-bond donors (Lipinski definition) is 2. The number of aromatic nitrogens is 3. The fraction of sp³-hybridized carbons (Fsp3) is 0.455. The van der Waals surface area contributed by atoms with Gasteiger partial charge in [-0.1, -0.05) is 0 Å². The molecule has 20 heavy (non-hydrogen) atoms. The summed E-state index contributed by atoms with van der Waals surface area (Å²) in [5.41, 5.74) is 8.22. The number of fused-ring (bicyclic) bond motifs is 3. The summed E-state index contributed by atoms with van der Waals surface area (Å²) in [5.74, 6) is 0.959. The van der Waals surface area contributed by atoms with Crippen molar-refractivity contribution in [2.24, 2.45) is 0 Å². The molecule has 104 valence electrons. The molecular formula is C11H12N6O2S. The van der Waals surface area contributed by atoms with Crippen molar-refractivity contribution in [3.8, 4) is 0 Å². The van der Waals surface area contributed by atoms with E-state index in [9.17, 15) is 4.79 Å². The topological polar surface area (TPSA) is 108 Å². The second-order valence-electron chi connectivity index (χ2n) is 5.04. The van der Waals surface area contributed by atoms with Gasteiger partial charge in [0.05, 0.1) is 17.6 Å². The molecule has 2 bridgehead atoms. The first-order valence-electron chi connectivity index (χ1n) is 6.26. The van der Waals surface area contributed by atoms with E-state index < -0.39 is 6.09 Å². The zero-order valence-corrected chi connectivity index (χ0v) is 11.2. The number of hydrogen-bond acceptors (Lipinski definition) is 7. The zero-order chi connectivity index (χ0) is 13.9. The van der Waals surface area contributed by atoms with Gasteiger partial charge in [-0.2, -0.15) is 4.98 Å². The van der Waals surface area contributed by atoms with Gasteiger partial charge in [-0.25, -0.2) is 14.8 Å². The molecule has 2 aromatic heterocycles. The number of rotatable bonds is 1. The summed E-state index contributed by atoms with van der Waals surface area (Å²) in [6.45, 7) is 1.15. The number of likely N-dealkylation sites (tertiary alicyclic amines) is 1. The van der Waals surface area contributed by atoms with Gasteiger partial charge in [0.15, 0.2) is 10.6 Å². The van der Waals surface area contributed by atoms with Gasteiger partial charge in [-0.05, 0) is 6.42 Å². The summed E-state index contributed by atoms with van der Waals surface area (Å²) >= 11 is 1.43. The van der Waals surface area contributed by atoms with Gasteiger partial charge < -0.3 is 20.6 Å². The van der Waals surface area contributed by atoms with Gasteiger partial charge in [0, 0.05) is 13.1 Å². The van der Waals surface area contributed by atoms with E-state index in [4.69, 9.17) is 10.8 Å². The van der Waals surface area contributed by atoms with Crippen LogP contribution >= 0.6 is 11.3 Å². The Labute approximate surface area is 117 Å². The predicted octanol–water partition coefficient (Wildman–Crippen LogP) is 0.609. The van der Waals surface area contributed by atoms with Gasteiger partial charge in [-0.15, -0.1) is 11.3 Å². The first-order chi connectivity index (χ1) is 9.63. The van der Waals surface area contributed by atoms with Gasteiger partial charge in [0.2, 0.25) is 5.95 Å². The predicted molar refractivity (Wildman–Crippen MR) is 73.9 cm³/mol. The minimum absolute atomic E-state index is 0.0300. The van der Waals surface area contributed by atoms with Crippen LogP contribution in [0.25, 0.3) is 10.3 Å². The van der Waals surface area contributed by atoms with Crippen LogP contribution in [0.5, 0.6) is 0 Å². The second kappa shape index (κ2) is 3.92. The highest BCUT2D eigenvalue weighted by atomic mass is 32.1. The standard InChI is InChI=1S/C11H12N6O2S/c12-10-14-8(7-9(15-10)20-4-13-7)16-2-6-1-5(16)3-17(6)11(18)19/h4-6H,1-3H2,(H,18,19)(H2,12,14,15). The van der Waals surface area contributed by atoms with Crippen molar-refractivity contribution < 1.29 is 9.90 Å². The molecule has 2 fully saturated rings. The zero-order valence-electron chi connectivity index (χ0n) is 10.4. The lowest BCUT2D eigenvalue weighted by Crippen LogP contribution is -2.48. The molecule has 0 radical (unpaired) electrons. The molecule has 2 saturated heterocycles. The Morgan fingerprint density at radius 1 is 1.40 bits per heavy atom. The smallest absolute Gasteiger partial charge is 0.407 e. The Bertz CT molecular complexity index is 703. The van der Waals surface area contributed by atoms with Gasteiger partial charge >= 0.3 is 6.09 Å². The highest BCUT2D eigenvalue weighted by molar-refractivity contribution is 7.16. The molecule has 4 heterocycles. The molecule has 2 aliphatic heterocycles. The molecule has 2 aromatic rings. The van der Waals surface area contributed by atoms with Crippen LogP contribution in [0.3, 0.4) is 0 Å². The molecule has 4 rings (SSSR count). The Morgan fingerprint density at radius 2 is 2.25 bits per heavy atom. The van der Waals surface area contributed by atoms with Crippen LogP contribution < -0.4 is 10.6 Å². The van der Waals surface area contributed by atoms with Crippen molar-refractivity contribution in [1.29, 1.82) is 0 Å². The summed E-state index contributed by atoms with van der Waals surface area (Å²) in [6, 6.07) is 0.178. The lowest BCUT2D eigenvalue weighted by atomic mass is 10.2. The van der Waals surface area contributed by atoms with Crippen LogP contribution in [0.4, 0.5) is 16.6 Å². The molecule has 0 aromatic carbocycles. The Kier molecular flexibility index (Phi) is 2.28. The van der Waals surface area contributed by atoms with E-state index in [1.54, 1.807) is 5.51 Å². The summed E-state index contributed by atoms with van der Waals surface area (Å²) in [7, 11) is 0. The number of carboxylic acid groups (broad SMARTS) is 1. The fourth-order valence-electron chi connectivity index (χ4n) is 3.12. The largest absolute Gasteiger partial charge is 0.465 e. The number of carbonyl (C=O) groups is 1. The number of nitrogens with two attached hydrogens (primary N) is 1. The van der Waals surface area contributed by atoms with Crippen LogP contribution in [0, 0.1) is 0 Å². The van der Waals surface area contributed by atoms with E-state index in [0.717, 1.165) is 22.6 Å². The maximum atomic E-state index is 11.1. The highest BCUT2D eigenvalue weighted by Crippen LogP contribution is 2.36. The van der Waals surface area contributed by atoms with Gasteiger partial charge in [0.25, 0.3) is 0 Å². The van der Waals surface area contributed by atoms with E-state index >= 15 is 0 Å². The maximum Gasteiger partial charge on any atom is 0.407 e. The van der Waals surface area contributed by atoms with Crippen LogP contribution in [0.2, 0.25) is 0 Å². The molecule has 0 aliphatic carbocycles. The molecule has 9 heteroatoms. The minimum Gasteiger partial charge on any atom is -0.465 e. The summed E-state index contributed by atoms with van der Waals surface area (Å²) in [5, 5.41) is 9.13. The highest BCUT2D eigenvalue weighted by Gasteiger charge is 2.46. The Hall–Kier alpha value is -2.16. The number of amides is 1. The molecule has 2 atom stereocenters. The van der Waals surface area contributed by atoms with Crippen LogP contribution in [-0.4, -0.2) is 56.2 Å². The SMILES string of the molecule is Nc1nc(N2CC3CC2CN3C(=O)O)c2ncsc2n1. The number of thiazole rings is 1. The van der Waals surface area contributed by atoms with Crippen molar-refractivity contribution in [2.45, 2.75) is 18.5 Å². The van der Waals surface area contributed by atoms with Gasteiger partial charge in [0.1, 0.15) is 5.52 Å².